The van der Waals surface area contributed by atoms with Crippen LogP contribution in [0.4, 0.5) is 0 Å². The lowest BCUT2D eigenvalue weighted by atomic mass is 10.2. The largest absolute Gasteiger partial charge is 0.468 e. The summed E-state index contributed by atoms with van der Waals surface area (Å²) < 4.78 is 6.71. The molecule has 15 heavy (non-hydrogen) atoms. The van der Waals surface area contributed by atoms with Crippen LogP contribution >= 0.6 is 0 Å². The first-order valence-corrected chi connectivity index (χ1v) is 4.91. The Morgan fingerprint density at radius 1 is 1.60 bits per heavy atom. The molecule has 0 aliphatic carbocycles. The number of esters is 1. The van der Waals surface area contributed by atoms with Crippen LogP contribution in [0.25, 0.3) is 0 Å². The summed E-state index contributed by atoms with van der Waals surface area (Å²) in [5, 5.41) is 7.83. The van der Waals surface area contributed by atoms with Gasteiger partial charge in [0.1, 0.15) is 18.2 Å². The van der Waals surface area contributed by atoms with Gasteiger partial charge in [-0.25, -0.2) is 0 Å². The lowest BCUT2D eigenvalue weighted by Gasteiger charge is -2.30. The molecule has 0 bridgehead atoms. The van der Waals surface area contributed by atoms with E-state index in [9.17, 15) is 4.79 Å². The monoisotopic (exact) mass is 210 g/mol. The van der Waals surface area contributed by atoms with E-state index in [-0.39, 0.29) is 12.0 Å². The number of nitrogens with zero attached hydrogens (tertiary/aromatic N) is 4. The van der Waals surface area contributed by atoms with Crippen molar-refractivity contribution >= 4 is 5.97 Å². The van der Waals surface area contributed by atoms with Crippen LogP contribution in [0.3, 0.4) is 0 Å². The van der Waals surface area contributed by atoms with E-state index < -0.39 is 0 Å². The molecule has 0 radical (unpaired) electrons. The Kier molecular flexibility index (Phi) is 2.68. The quantitative estimate of drug-likeness (QED) is 0.625. The van der Waals surface area contributed by atoms with Crippen molar-refractivity contribution in [1.29, 1.82) is 0 Å². The van der Waals surface area contributed by atoms with Crippen molar-refractivity contribution in [1.82, 2.24) is 19.7 Å². The number of rotatable bonds is 2. The van der Waals surface area contributed by atoms with Gasteiger partial charge in [0, 0.05) is 13.1 Å². The fourth-order valence-electron chi connectivity index (χ4n) is 1.74. The van der Waals surface area contributed by atoms with Crippen molar-refractivity contribution in [2.75, 3.05) is 13.7 Å². The molecule has 82 valence electrons. The zero-order valence-corrected chi connectivity index (χ0v) is 8.88. The molecule has 1 atom stereocenters. The number of hydrogen-bond donors (Lipinski definition) is 0. The maximum Gasteiger partial charge on any atom is 0.322 e. The number of aromatic nitrogens is 3. The average Bonchev–Trinajstić information content (AvgIpc) is 2.73. The molecule has 0 saturated heterocycles. The topological polar surface area (TPSA) is 60.2 Å². The van der Waals surface area contributed by atoms with Gasteiger partial charge in [-0.2, -0.15) is 0 Å². The highest BCUT2D eigenvalue weighted by Crippen LogP contribution is 2.12. The number of carbonyl (C=O) groups is 1. The highest BCUT2D eigenvalue weighted by Gasteiger charge is 2.26. The Balaban J connectivity index is 2.06. The summed E-state index contributed by atoms with van der Waals surface area (Å²) in [7, 11) is 1.41. The van der Waals surface area contributed by atoms with E-state index >= 15 is 0 Å². The SMILES string of the molecule is COC(=O)C(C)N1CCn2cnnc2C1. The van der Waals surface area contributed by atoms with Crippen molar-refractivity contribution in [3.8, 4) is 0 Å². The van der Waals surface area contributed by atoms with Crippen molar-refractivity contribution < 1.29 is 9.53 Å². The van der Waals surface area contributed by atoms with Crippen LogP contribution < -0.4 is 0 Å². The van der Waals surface area contributed by atoms with Gasteiger partial charge in [0.05, 0.1) is 13.7 Å². The van der Waals surface area contributed by atoms with Crippen LogP contribution in [0.2, 0.25) is 0 Å². The molecule has 1 aromatic heterocycles. The second-order valence-electron chi connectivity index (χ2n) is 3.61. The van der Waals surface area contributed by atoms with E-state index in [4.69, 9.17) is 4.74 Å². The molecule has 0 amide bonds. The second-order valence-corrected chi connectivity index (χ2v) is 3.61. The van der Waals surface area contributed by atoms with Crippen LogP contribution in [0.1, 0.15) is 12.7 Å². The molecule has 6 nitrogen and oxygen atoms in total. The molecule has 0 aromatic carbocycles. The summed E-state index contributed by atoms with van der Waals surface area (Å²) >= 11 is 0. The van der Waals surface area contributed by atoms with E-state index in [2.05, 4.69) is 10.2 Å². The third-order valence-electron chi connectivity index (χ3n) is 2.76. The fraction of sp³-hybridized carbons (Fsp3) is 0.667. The number of methoxy groups -OCH3 is 1. The van der Waals surface area contributed by atoms with E-state index in [0.717, 1.165) is 18.9 Å². The number of fused-ring (bicyclic) bond motifs is 1. The molecule has 1 aliphatic heterocycles. The van der Waals surface area contributed by atoms with Crippen LogP contribution in [-0.2, 0) is 22.6 Å². The molecule has 1 aromatic rings. The molecule has 0 fully saturated rings. The van der Waals surface area contributed by atoms with Gasteiger partial charge >= 0.3 is 5.97 Å². The predicted molar refractivity (Wildman–Crippen MR) is 51.9 cm³/mol. The Hall–Kier alpha value is -1.43. The molecule has 2 heterocycles. The Morgan fingerprint density at radius 2 is 2.40 bits per heavy atom. The minimum atomic E-state index is -0.222. The predicted octanol–water partition coefficient (Wildman–Crippen LogP) is -0.345. The fourth-order valence-corrected chi connectivity index (χ4v) is 1.74. The number of ether oxygens (including phenoxy) is 1. The summed E-state index contributed by atoms with van der Waals surface area (Å²) in [5.74, 6) is 0.694. The summed E-state index contributed by atoms with van der Waals surface area (Å²) in [6.45, 7) is 4.14. The van der Waals surface area contributed by atoms with Crippen LogP contribution in [0, 0.1) is 0 Å². The van der Waals surface area contributed by atoms with E-state index in [1.54, 1.807) is 6.33 Å². The Labute approximate surface area is 87.8 Å². The smallest absolute Gasteiger partial charge is 0.322 e. The molecule has 0 N–H and O–H groups in total. The zero-order chi connectivity index (χ0) is 10.8. The third-order valence-corrected chi connectivity index (χ3v) is 2.76. The number of hydrogen-bond acceptors (Lipinski definition) is 5. The number of carbonyl (C=O) groups excluding carboxylic acids is 1. The minimum Gasteiger partial charge on any atom is -0.468 e. The highest BCUT2D eigenvalue weighted by atomic mass is 16.5. The standard InChI is InChI=1S/C9H14N4O2/c1-7(9(14)15-2)12-3-4-13-6-10-11-8(13)5-12/h6-7H,3-5H2,1-2H3. The van der Waals surface area contributed by atoms with Crippen molar-refractivity contribution in [3.05, 3.63) is 12.2 Å². The average molecular weight is 210 g/mol. The molecular formula is C9H14N4O2. The van der Waals surface area contributed by atoms with Gasteiger partial charge in [-0.3, -0.25) is 9.69 Å². The molecule has 6 heteroatoms. The molecule has 2 rings (SSSR count). The zero-order valence-electron chi connectivity index (χ0n) is 8.88. The molecule has 0 saturated carbocycles. The maximum atomic E-state index is 11.4. The normalized spacial score (nSPS) is 18.3. The van der Waals surface area contributed by atoms with Gasteiger partial charge in [-0.15, -0.1) is 10.2 Å². The van der Waals surface area contributed by atoms with E-state index in [1.807, 2.05) is 16.4 Å². The van der Waals surface area contributed by atoms with Crippen molar-refractivity contribution in [2.45, 2.75) is 26.1 Å². The van der Waals surface area contributed by atoms with Gasteiger partial charge in [-0.1, -0.05) is 0 Å². The maximum absolute atomic E-state index is 11.4. The van der Waals surface area contributed by atoms with E-state index in [0.29, 0.717) is 6.54 Å². The van der Waals surface area contributed by atoms with Gasteiger partial charge in [0.25, 0.3) is 0 Å². The first kappa shape index (κ1) is 10.1. The van der Waals surface area contributed by atoms with E-state index in [1.165, 1.54) is 7.11 Å². The molecule has 1 unspecified atom stereocenters. The van der Waals surface area contributed by atoms with Gasteiger partial charge in [0.2, 0.25) is 0 Å². The summed E-state index contributed by atoms with van der Waals surface area (Å²) in [4.78, 5) is 13.4. The van der Waals surface area contributed by atoms with Crippen molar-refractivity contribution in [3.63, 3.8) is 0 Å². The third kappa shape index (κ3) is 1.85. The van der Waals surface area contributed by atoms with Gasteiger partial charge < -0.3 is 9.30 Å². The van der Waals surface area contributed by atoms with Gasteiger partial charge in [0.15, 0.2) is 0 Å². The van der Waals surface area contributed by atoms with Crippen molar-refractivity contribution in [2.24, 2.45) is 0 Å². The van der Waals surface area contributed by atoms with Crippen LogP contribution in [0.5, 0.6) is 0 Å². The van der Waals surface area contributed by atoms with Crippen LogP contribution in [-0.4, -0.2) is 45.3 Å². The Morgan fingerprint density at radius 3 is 3.13 bits per heavy atom. The summed E-state index contributed by atoms with van der Waals surface area (Å²) in [6.07, 6.45) is 1.72. The lowest BCUT2D eigenvalue weighted by Crippen LogP contribution is -2.44. The lowest BCUT2D eigenvalue weighted by molar-refractivity contribution is -0.146. The molecule has 1 aliphatic rings. The second kappa shape index (κ2) is 3.98. The minimum absolute atomic E-state index is 0.206. The first-order chi connectivity index (χ1) is 7.22. The first-order valence-electron chi connectivity index (χ1n) is 4.91. The molecule has 0 spiro atoms. The summed E-state index contributed by atoms with van der Waals surface area (Å²) in [5.41, 5.74) is 0. The summed E-state index contributed by atoms with van der Waals surface area (Å²) in [6, 6.07) is -0.222. The highest BCUT2D eigenvalue weighted by molar-refractivity contribution is 5.75. The molecular weight excluding hydrogens is 196 g/mol. The Bertz CT molecular complexity index is 363. The van der Waals surface area contributed by atoms with Gasteiger partial charge in [-0.05, 0) is 6.92 Å². The van der Waals surface area contributed by atoms with Crippen LogP contribution in [0.15, 0.2) is 6.33 Å².